The molecule has 0 atom stereocenters. The van der Waals surface area contributed by atoms with Crippen molar-refractivity contribution in [3.8, 4) is 10.6 Å². The van der Waals surface area contributed by atoms with E-state index in [1.807, 2.05) is 23.6 Å². The van der Waals surface area contributed by atoms with Crippen molar-refractivity contribution in [1.82, 2.24) is 15.1 Å². The van der Waals surface area contributed by atoms with Gasteiger partial charge in [0.1, 0.15) is 5.69 Å². The Bertz CT molecular complexity index is 1010. The Hall–Kier alpha value is -2.82. The van der Waals surface area contributed by atoms with Crippen molar-refractivity contribution in [1.29, 1.82) is 0 Å². The molecule has 3 aromatic rings. The van der Waals surface area contributed by atoms with Crippen LogP contribution in [0.3, 0.4) is 0 Å². The number of aromatic nitrogens is 2. The number of alkyl halides is 6. The van der Waals surface area contributed by atoms with Crippen LogP contribution >= 0.6 is 11.3 Å². The first-order valence-electron chi connectivity index (χ1n) is 8.61. The van der Waals surface area contributed by atoms with Crippen LogP contribution in [0.1, 0.15) is 27.2 Å². The molecule has 0 bridgehead atoms. The summed E-state index contributed by atoms with van der Waals surface area (Å²) in [6, 6.07) is 6.40. The molecule has 0 spiro atoms. The van der Waals surface area contributed by atoms with Crippen LogP contribution in [0, 0.1) is 6.92 Å². The van der Waals surface area contributed by atoms with Crippen molar-refractivity contribution in [3.05, 3.63) is 64.2 Å². The molecule has 30 heavy (non-hydrogen) atoms. The zero-order chi connectivity index (χ0) is 22.1. The van der Waals surface area contributed by atoms with Crippen molar-refractivity contribution in [2.45, 2.75) is 25.8 Å². The maximum Gasteiger partial charge on any atom is 0.416 e. The quantitative estimate of drug-likeness (QED) is 0.534. The van der Waals surface area contributed by atoms with Gasteiger partial charge in [-0.15, -0.1) is 11.3 Å². The largest absolute Gasteiger partial charge is 0.416 e. The van der Waals surface area contributed by atoms with E-state index in [0.717, 1.165) is 16.3 Å². The van der Waals surface area contributed by atoms with Crippen molar-refractivity contribution in [2.75, 3.05) is 6.54 Å². The fourth-order valence-corrected chi connectivity index (χ4v) is 3.43. The van der Waals surface area contributed by atoms with Gasteiger partial charge in [-0.05, 0) is 42.6 Å². The van der Waals surface area contributed by atoms with Gasteiger partial charge in [0.15, 0.2) is 0 Å². The highest BCUT2D eigenvalue weighted by Gasteiger charge is 2.37. The standard InChI is InChI=1S/C19H15F6N3OS/c1-11-7-15(16-3-2-6-30-16)27-28(11)5-4-26-17(29)12-8-13(18(20,21)22)10-14(9-12)19(23,24)25/h2-3,6-10H,4-5H2,1H3,(H,26,29). The van der Waals surface area contributed by atoms with Crippen LogP contribution in [0.5, 0.6) is 0 Å². The Labute approximate surface area is 171 Å². The van der Waals surface area contributed by atoms with Crippen LogP contribution in [0.4, 0.5) is 26.3 Å². The van der Waals surface area contributed by atoms with Crippen molar-refractivity contribution in [2.24, 2.45) is 0 Å². The van der Waals surface area contributed by atoms with E-state index in [0.29, 0.717) is 12.1 Å². The second-order valence-corrected chi connectivity index (χ2v) is 7.37. The zero-order valence-electron chi connectivity index (χ0n) is 15.4. The van der Waals surface area contributed by atoms with Crippen LogP contribution in [-0.2, 0) is 18.9 Å². The number of rotatable bonds is 5. The molecule has 1 amide bonds. The van der Waals surface area contributed by atoms with E-state index in [1.54, 1.807) is 11.6 Å². The lowest BCUT2D eigenvalue weighted by Crippen LogP contribution is -2.28. The first-order valence-corrected chi connectivity index (χ1v) is 9.49. The zero-order valence-corrected chi connectivity index (χ0v) is 16.3. The summed E-state index contributed by atoms with van der Waals surface area (Å²) in [6.07, 6.45) is -10.0. The molecule has 0 aliphatic heterocycles. The van der Waals surface area contributed by atoms with E-state index < -0.39 is 35.0 Å². The Morgan fingerprint density at radius 1 is 1.07 bits per heavy atom. The number of thiophene rings is 1. The lowest BCUT2D eigenvalue weighted by molar-refractivity contribution is -0.143. The van der Waals surface area contributed by atoms with Crippen molar-refractivity contribution >= 4 is 17.2 Å². The second-order valence-electron chi connectivity index (χ2n) is 6.42. The van der Waals surface area contributed by atoms with E-state index >= 15 is 0 Å². The smallest absolute Gasteiger partial charge is 0.350 e. The average Bonchev–Trinajstić information content (AvgIpc) is 3.30. The number of benzene rings is 1. The molecule has 3 rings (SSSR count). The number of aryl methyl sites for hydroxylation is 1. The molecular weight excluding hydrogens is 432 g/mol. The van der Waals surface area contributed by atoms with Gasteiger partial charge in [-0.25, -0.2) is 0 Å². The lowest BCUT2D eigenvalue weighted by Gasteiger charge is -2.14. The summed E-state index contributed by atoms with van der Waals surface area (Å²) in [5.74, 6) is -1.03. The summed E-state index contributed by atoms with van der Waals surface area (Å²) < 4.78 is 79.2. The SMILES string of the molecule is Cc1cc(-c2cccs2)nn1CCNC(=O)c1cc(C(F)(F)F)cc(C(F)(F)F)c1. The molecule has 2 aromatic heterocycles. The molecule has 0 saturated carbocycles. The topological polar surface area (TPSA) is 46.9 Å². The van der Waals surface area contributed by atoms with Crippen LogP contribution in [-0.4, -0.2) is 22.2 Å². The second kappa shape index (κ2) is 8.13. The maximum atomic E-state index is 12.9. The number of halogens is 6. The third kappa shape index (κ3) is 5.02. The summed E-state index contributed by atoms with van der Waals surface area (Å²) in [4.78, 5) is 13.1. The molecule has 0 aliphatic rings. The fraction of sp³-hybridized carbons (Fsp3) is 0.263. The highest BCUT2D eigenvalue weighted by molar-refractivity contribution is 7.13. The average molecular weight is 447 g/mol. The van der Waals surface area contributed by atoms with E-state index in [1.165, 1.54) is 11.3 Å². The van der Waals surface area contributed by atoms with Crippen molar-refractivity contribution in [3.63, 3.8) is 0 Å². The maximum absolute atomic E-state index is 12.9. The highest BCUT2D eigenvalue weighted by atomic mass is 32.1. The minimum absolute atomic E-state index is 0.0179. The normalized spacial score (nSPS) is 12.2. The minimum atomic E-state index is -5.01. The number of carbonyl (C=O) groups is 1. The Morgan fingerprint density at radius 3 is 2.23 bits per heavy atom. The molecule has 0 unspecified atom stereocenters. The molecule has 160 valence electrons. The highest BCUT2D eigenvalue weighted by Crippen LogP contribution is 2.36. The lowest BCUT2D eigenvalue weighted by atomic mass is 10.0. The van der Waals surface area contributed by atoms with Gasteiger partial charge in [0, 0.05) is 17.8 Å². The molecule has 1 aromatic carbocycles. The number of hydrogen-bond acceptors (Lipinski definition) is 3. The van der Waals surface area contributed by atoms with Gasteiger partial charge in [-0.3, -0.25) is 9.48 Å². The first kappa shape index (κ1) is 21.9. The van der Waals surface area contributed by atoms with Crippen molar-refractivity contribution < 1.29 is 31.1 Å². The minimum Gasteiger partial charge on any atom is -0.350 e. The van der Waals surface area contributed by atoms with E-state index in [9.17, 15) is 31.1 Å². The predicted molar refractivity (Wildman–Crippen MR) is 99.1 cm³/mol. The number of nitrogens with one attached hydrogen (secondary N) is 1. The van der Waals surface area contributed by atoms with Crippen LogP contribution < -0.4 is 5.32 Å². The number of amides is 1. The molecule has 11 heteroatoms. The molecule has 0 fully saturated rings. The van der Waals surface area contributed by atoms with E-state index in [2.05, 4.69) is 10.4 Å². The number of carbonyl (C=O) groups excluding carboxylic acids is 1. The molecular formula is C19H15F6N3OS. The molecule has 1 N–H and O–H groups in total. The van der Waals surface area contributed by atoms with Gasteiger partial charge in [-0.2, -0.15) is 31.4 Å². The summed E-state index contributed by atoms with van der Waals surface area (Å²) >= 11 is 1.50. The molecule has 2 heterocycles. The summed E-state index contributed by atoms with van der Waals surface area (Å²) in [7, 11) is 0. The van der Waals surface area contributed by atoms with Gasteiger partial charge in [-0.1, -0.05) is 6.07 Å². The Balaban J connectivity index is 1.72. The summed E-state index contributed by atoms with van der Waals surface area (Å²) in [5, 5.41) is 8.63. The fourth-order valence-electron chi connectivity index (χ4n) is 2.74. The van der Waals surface area contributed by atoms with E-state index in [4.69, 9.17) is 0 Å². The van der Waals surface area contributed by atoms with Crippen LogP contribution in [0.2, 0.25) is 0 Å². The Morgan fingerprint density at radius 2 is 1.70 bits per heavy atom. The van der Waals surface area contributed by atoms with Gasteiger partial charge < -0.3 is 5.32 Å². The molecule has 0 radical (unpaired) electrons. The predicted octanol–water partition coefficient (Wildman–Crippen LogP) is 5.39. The third-order valence-electron chi connectivity index (χ3n) is 4.21. The summed E-state index contributed by atoms with van der Waals surface area (Å²) in [5.41, 5.74) is -2.25. The first-order chi connectivity index (χ1) is 13.9. The number of nitrogens with zero attached hydrogens (tertiary/aromatic N) is 2. The number of hydrogen-bond donors (Lipinski definition) is 1. The van der Waals surface area contributed by atoms with E-state index in [-0.39, 0.29) is 19.2 Å². The third-order valence-corrected chi connectivity index (χ3v) is 5.11. The molecule has 4 nitrogen and oxygen atoms in total. The van der Waals surface area contributed by atoms with Gasteiger partial charge in [0.05, 0.1) is 22.5 Å². The van der Waals surface area contributed by atoms with Crippen LogP contribution in [0.15, 0.2) is 41.8 Å². The Kier molecular flexibility index (Phi) is 5.93. The van der Waals surface area contributed by atoms with Gasteiger partial charge >= 0.3 is 12.4 Å². The van der Waals surface area contributed by atoms with Crippen LogP contribution in [0.25, 0.3) is 10.6 Å². The summed E-state index contributed by atoms with van der Waals surface area (Å²) in [6.45, 7) is 1.98. The molecule has 0 aliphatic carbocycles. The van der Waals surface area contributed by atoms with Gasteiger partial charge in [0.2, 0.25) is 0 Å². The monoisotopic (exact) mass is 447 g/mol. The molecule has 0 saturated heterocycles. The van der Waals surface area contributed by atoms with Gasteiger partial charge in [0.25, 0.3) is 5.91 Å².